The van der Waals surface area contributed by atoms with Gasteiger partial charge in [-0.1, -0.05) is 108 Å². The van der Waals surface area contributed by atoms with Gasteiger partial charge in [0.25, 0.3) is 0 Å². The van der Waals surface area contributed by atoms with Crippen molar-refractivity contribution in [3.05, 3.63) is 151 Å². The van der Waals surface area contributed by atoms with Gasteiger partial charge in [0.05, 0.1) is 11.0 Å². The average Bonchev–Trinajstić information content (AvgIpc) is 3.77. The third-order valence-corrected chi connectivity index (χ3v) is 12.2. The molecule has 55 heavy (non-hydrogen) atoms. The zero-order valence-electron chi connectivity index (χ0n) is 33.1. The van der Waals surface area contributed by atoms with Crippen LogP contribution in [0.5, 0.6) is 0 Å². The summed E-state index contributed by atoms with van der Waals surface area (Å²) >= 11 is 0. The summed E-state index contributed by atoms with van der Waals surface area (Å²) in [5, 5.41) is 7.71. The van der Waals surface area contributed by atoms with Crippen LogP contribution in [0.2, 0.25) is 0 Å². The van der Waals surface area contributed by atoms with E-state index in [1.165, 1.54) is 104 Å². The van der Waals surface area contributed by atoms with Gasteiger partial charge in [-0.15, -0.1) is 0 Å². The Labute approximate surface area is 323 Å². The van der Waals surface area contributed by atoms with Crippen molar-refractivity contribution in [2.75, 3.05) is 0 Å². The second-order valence-electron chi connectivity index (χ2n) is 17.7. The van der Waals surface area contributed by atoms with E-state index in [0.29, 0.717) is 0 Å². The molecule has 0 radical (unpaired) electrons. The molecule has 0 unspecified atom stereocenters. The van der Waals surface area contributed by atoms with E-state index >= 15 is 0 Å². The van der Waals surface area contributed by atoms with Gasteiger partial charge in [-0.25, -0.2) is 0 Å². The van der Waals surface area contributed by atoms with Gasteiger partial charge in [0.2, 0.25) is 0 Å². The van der Waals surface area contributed by atoms with Crippen LogP contribution in [-0.4, -0.2) is 13.7 Å². The van der Waals surface area contributed by atoms with Crippen molar-refractivity contribution in [1.29, 1.82) is 0 Å². The molecule has 0 aliphatic rings. The molecule has 10 aromatic rings. The Kier molecular flexibility index (Phi) is 7.14. The Hall–Kier alpha value is -6.06. The van der Waals surface area contributed by atoms with Crippen LogP contribution in [0.15, 0.2) is 140 Å². The van der Waals surface area contributed by atoms with Crippen LogP contribution in [0, 0.1) is 0 Å². The van der Waals surface area contributed by atoms with Crippen LogP contribution in [0.1, 0.15) is 52.7 Å². The first-order valence-electron chi connectivity index (χ1n) is 19.5. The fourth-order valence-electron chi connectivity index (χ4n) is 8.95. The molecule has 0 amide bonds. The second-order valence-corrected chi connectivity index (χ2v) is 17.7. The van der Waals surface area contributed by atoms with Crippen molar-refractivity contribution in [2.24, 2.45) is 14.1 Å². The van der Waals surface area contributed by atoms with E-state index < -0.39 is 0 Å². The minimum atomic E-state index is 0.100. The number of aryl methyl sites for hydroxylation is 2. The molecule has 0 saturated heterocycles. The molecular weight excluding hydrogens is 667 g/mol. The Morgan fingerprint density at radius 2 is 0.691 bits per heavy atom. The smallest absolute Gasteiger partial charge is 0.0541 e. The van der Waals surface area contributed by atoms with E-state index in [0.717, 1.165) is 0 Å². The Bertz CT molecular complexity index is 2970. The SMILES string of the molecule is Cn1c2ccc(-c3ccc4c(c3)c3cc(-c5ccc6c(c5)c5ccc(C(C)(C)C)cc5n6C)ccc3n4-c3ccccc3)cc2c2ccc(C(C)(C)C)cc21. The summed E-state index contributed by atoms with van der Waals surface area (Å²) in [6.45, 7) is 13.7. The summed E-state index contributed by atoms with van der Waals surface area (Å²) in [5.41, 5.74) is 16.5. The third-order valence-electron chi connectivity index (χ3n) is 12.2. The van der Waals surface area contributed by atoms with Gasteiger partial charge < -0.3 is 13.7 Å². The van der Waals surface area contributed by atoms with Gasteiger partial charge in [0, 0.05) is 74.2 Å². The monoisotopic (exact) mass is 713 g/mol. The van der Waals surface area contributed by atoms with Gasteiger partial charge >= 0.3 is 0 Å². The normalized spacial score (nSPS) is 12.7. The van der Waals surface area contributed by atoms with E-state index in [1.54, 1.807) is 0 Å². The standard InChI is InChI=1S/C52H47N3/c1-51(2,3)36-18-20-39-41-26-32(14-22-45(41)53(7)49(39)30-36)34-16-24-47-43(28-34)44-29-35(17-25-48(44)55(47)38-12-10-9-11-13-38)33-15-23-46-42(27-33)40-21-19-37(52(4,5)6)31-50(40)54(46)8/h9-31H,1-8H3. The molecule has 3 heterocycles. The lowest BCUT2D eigenvalue weighted by Gasteiger charge is -2.19. The highest BCUT2D eigenvalue weighted by molar-refractivity contribution is 6.14. The van der Waals surface area contributed by atoms with Crippen LogP contribution >= 0.6 is 0 Å². The molecule has 0 aliphatic carbocycles. The largest absolute Gasteiger partial charge is 0.344 e. The molecule has 3 nitrogen and oxygen atoms in total. The number of hydrogen-bond acceptors (Lipinski definition) is 0. The quantitative estimate of drug-likeness (QED) is 0.173. The molecule has 10 rings (SSSR count). The summed E-state index contributed by atoms with van der Waals surface area (Å²) in [6.07, 6.45) is 0. The summed E-state index contributed by atoms with van der Waals surface area (Å²) < 4.78 is 7.11. The molecule has 0 spiro atoms. The molecular formula is C52H47N3. The lowest BCUT2D eigenvalue weighted by atomic mass is 9.86. The van der Waals surface area contributed by atoms with E-state index in [1.807, 2.05) is 0 Å². The highest BCUT2D eigenvalue weighted by Gasteiger charge is 2.20. The minimum absolute atomic E-state index is 0.100. The summed E-state index contributed by atoms with van der Waals surface area (Å²) in [4.78, 5) is 0. The number of nitrogens with zero attached hydrogens (tertiary/aromatic N) is 3. The minimum Gasteiger partial charge on any atom is -0.344 e. The maximum atomic E-state index is 2.42. The topological polar surface area (TPSA) is 14.8 Å². The number of para-hydroxylation sites is 1. The van der Waals surface area contributed by atoms with Gasteiger partial charge in [-0.2, -0.15) is 0 Å². The molecule has 0 atom stereocenters. The molecule has 0 aliphatic heterocycles. The second kappa shape index (κ2) is 11.7. The van der Waals surface area contributed by atoms with Crippen molar-refractivity contribution in [1.82, 2.24) is 13.7 Å². The number of rotatable bonds is 3. The Morgan fingerprint density at radius 1 is 0.327 bits per heavy atom. The van der Waals surface area contributed by atoms with E-state index in [9.17, 15) is 0 Å². The predicted octanol–water partition coefficient (Wildman–Crippen LogP) is 14.0. The zero-order valence-corrected chi connectivity index (χ0v) is 33.1. The molecule has 3 aromatic heterocycles. The summed E-state index contributed by atoms with van der Waals surface area (Å²) in [7, 11) is 4.39. The van der Waals surface area contributed by atoms with Crippen molar-refractivity contribution in [2.45, 2.75) is 52.4 Å². The van der Waals surface area contributed by atoms with Gasteiger partial charge in [0.1, 0.15) is 0 Å². The maximum Gasteiger partial charge on any atom is 0.0541 e. The van der Waals surface area contributed by atoms with Gasteiger partial charge in [0.15, 0.2) is 0 Å². The highest BCUT2D eigenvalue weighted by Crippen LogP contribution is 2.41. The molecule has 3 heteroatoms. The number of benzene rings is 7. The number of hydrogen-bond donors (Lipinski definition) is 0. The van der Waals surface area contributed by atoms with Crippen molar-refractivity contribution < 1.29 is 0 Å². The van der Waals surface area contributed by atoms with Crippen LogP contribution in [0.4, 0.5) is 0 Å². The van der Waals surface area contributed by atoms with Crippen molar-refractivity contribution in [3.63, 3.8) is 0 Å². The number of aromatic nitrogens is 3. The lowest BCUT2D eigenvalue weighted by Crippen LogP contribution is -2.10. The van der Waals surface area contributed by atoms with Crippen LogP contribution in [-0.2, 0) is 24.9 Å². The predicted molar refractivity (Wildman–Crippen MR) is 237 cm³/mol. The van der Waals surface area contributed by atoms with Crippen LogP contribution < -0.4 is 0 Å². The lowest BCUT2D eigenvalue weighted by molar-refractivity contribution is 0.590. The maximum absolute atomic E-state index is 2.42. The van der Waals surface area contributed by atoms with E-state index in [2.05, 4.69) is 209 Å². The van der Waals surface area contributed by atoms with Crippen molar-refractivity contribution in [3.8, 4) is 27.9 Å². The first-order chi connectivity index (χ1) is 26.3. The third kappa shape index (κ3) is 5.17. The molecule has 0 saturated carbocycles. The first kappa shape index (κ1) is 33.5. The van der Waals surface area contributed by atoms with Gasteiger partial charge in [-0.3, -0.25) is 0 Å². The Morgan fingerprint density at radius 3 is 1.07 bits per heavy atom. The molecule has 0 N–H and O–H groups in total. The molecule has 270 valence electrons. The summed E-state index contributed by atoms with van der Waals surface area (Å²) in [5.74, 6) is 0. The number of fused-ring (bicyclic) bond motifs is 9. The van der Waals surface area contributed by atoms with Gasteiger partial charge in [-0.05, 0) is 117 Å². The van der Waals surface area contributed by atoms with E-state index in [-0.39, 0.29) is 10.8 Å². The fraction of sp³-hybridized carbons (Fsp3) is 0.192. The molecule has 7 aromatic carbocycles. The molecule has 0 bridgehead atoms. The average molecular weight is 714 g/mol. The fourth-order valence-corrected chi connectivity index (χ4v) is 8.95. The van der Waals surface area contributed by atoms with Crippen LogP contribution in [0.25, 0.3) is 93.4 Å². The zero-order chi connectivity index (χ0) is 38.0. The first-order valence-corrected chi connectivity index (χ1v) is 19.5. The van der Waals surface area contributed by atoms with Crippen molar-refractivity contribution >= 4 is 65.4 Å². The van der Waals surface area contributed by atoms with E-state index in [4.69, 9.17) is 0 Å². The Balaban J connectivity index is 1.15. The highest BCUT2D eigenvalue weighted by atomic mass is 15.0. The molecule has 0 fully saturated rings. The summed E-state index contributed by atoms with van der Waals surface area (Å²) in [6, 6.07) is 52.7. The van der Waals surface area contributed by atoms with Crippen LogP contribution in [0.3, 0.4) is 0 Å².